The number of carbonyl (C=O) groups excluding carboxylic acids is 3. The Labute approximate surface area is 153 Å². The number of hydrogen-bond donors (Lipinski definition) is 1. The lowest BCUT2D eigenvalue weighted by atomic mass is 9.84. The van der Waals surface area contributed by atoms with Gasteiger partial charge in [0.05, 0.1) is 0 Å². The second kappa shape index (κ2) is 6.74. The molecule has 1 aromatic carbocycles. The highest BCUT2D eigenvalue weighted by atomic mass is 16.2. The van der Waals surface area contributed by atoms with Gasteiger partial charge in [-0.25, -0.2) is 4.79 Å². The molecule has 2 heterocycles. The van der Waals surface area contributed by atoms with Crippen LogP contribution in [0.3, 0.4) is 0 Å². The van der Waals surface area contributed by atoms with Crippen molar-refractivity contribution in [2.24, 2.45) is 0 Å². The lowest BCUT2D eigenvalue weighted by Crippen LogP contribution is -2.48. The van der Waals surface area contributed by atoms with Gasteiger partial charge in [0, 0.05) is 12.2 Å². The van der Waals surface area contributed by atoms with Gasteiger partial charge in [0.2, 0.25) is 5.91 Å². The number of urea groups is 1. The number of anilines is 1. The molecule has 1 N–H and O–H groups in total. The molecular weight excluding hydrogens is 330 g/mol. The first-order chi connectivity index (χ1) is 12.6. The molecule has 4 rings (SSSR count). The second-order valence-corrected chi connectivity index (χ2v) is 7.60. The van der Waals surface area contributed by atoms with Crippen LogP contribution >= 0.6 is 0 Å². The van der Waals surface area contributed by atoms with E-state index in [1.807, 2.05) is 24.3 Å². The molecule has 1 spiro atoms. The van der Waals surface area contributed by atoms with Crippen molar-refractivity contribution in [1.29, 1.82) is 0 Å². The third-order valence-electron chi connectivity index (χ3n) is 5.93. The van der Waals surface area contributed by atoms with Crippen molar-refractivity contribution in [3.63, 3.8) is 0 Å². The maximum Gasteiger partial charge on any atom is 0.325 e. The van der Waals surface area contributed by atoms with E-state index < -0.39 is 11.6 Å². The summed E-state index contributed by atoms with van der Waals surface area (Å²) in [5, 5.41) is 2.92. The standard InChI is InChI=1S/C20H25N3O3/c24-17(22-13-10-15-8-4-5-9-16(15)22)14-23-18(25)20(21-19(23)26)11-6-2-1-3-7-12-20/h4-5,8-9H,1-3,6-7,10-14H2,(H,21,26). The van der Waals surface area contributed by atoms with E-state index in [2.05, 4.69) is 5.32 Å². The molecule has 1 saturated heterocycles. The summed E-state index contributed by atoms with van der Waals surface area (Å²) in [4.78, 5) is 41.1. The van der Waals surface area contributed by atoms with Gasteiger partial charge in [-0.15, -0.1) is 0 Å². The fourth-order valence-electron chi connectivity index (χ4n) is 4.49. The lowest BCUT2D eigenvalue weighted by Gasteiger charge is -2.28. The normalized spacial score (nSPS) is 22.2. The van der Waals surface area contributed by atoms with Gasteiger partial charge < -0.3 is 10.2 Å². The lowest BCUT2D eigenvalue weighted by molar-refractivity contribution is -0.135. The van der Waals surface area contributed by atoms with Crippen LogP contribution in [0.2, 0.25) is 0 Å². The largest absolute Gasteiger partial charge is 0.325 e. The average Bonchev–Trinajstić information content (AvgIpc) is 3.14. The van der Waals surface area contributed by atoms with Crippen molar-refractivity contribution in [3.8, 4) is 0 Å². The number of fused-ring (bicyclic) bond motifs is 1. The highest BCUT2D eigenvalue weighted by Gasteiger charge is 2.51. The van der Waals surface area contributed by atoms with Crippen LogP contribution in [0.1, 0.15) is 50.5 Å². The van der Waals surface area contributed by atoms with E-state index in [9.17, 15) is 14.4 Å². The Hall–Kier alpha value is -2.37. The van der Waals surface area contributed by atoms with Crippen LogP contribution in [0.4, 0.5) is 10.5 Å². The minimum Gasteiger partial charge on any atom is -0.323 e. The molecule has 0 radical (unpaired) electrons. The Morgan fingerprint density at radius 3 is 2.50 bits per heavy atom. The SMILES string of the molecule is O=C1NC2(CCCCCCC2)C(=O)N1CC(=O)N1CCc2ccccc21. The van der Waals surface area contributed by atoms with Gasteiger partial charge in [0.15, 0.2) is 0 Å². The van der Waals surface area contributed by atoms with Crippen LogP contribution < -0.4 is 10.2 Å². The molecule has 1 aliphatic carbocycles. The number of nitrogens with one attached hydrogen (secondary N) is 1. The van der Waals surface area contributed by atoms with Crippen LogP contribution in [0.25, 0.3) is 0 Å². The Morgan fingerprint density at radius 1 is 1.04 bits per heavy atom. The van der Waals surface area contributed by atoms with E-state index in [4.69, 9.17) is 0 Å². The summed E-state index contributed by atoms with van der Waals surface area (Å²) in [5.41, 5.74) is 1.24. The number of amides is 4. The highest BCUT2D eigenvalue weighted by molar-refractivity contribution is 6.10. The fraction of sp³-hybridized carbons (Fsp3) is 0.550. The van der Waals surface area contributed by atoms with E-state index in [1.54, 1.807) is 4.90 Å². The van der Waals surface area contributed by atoms with Gasteiger partial charge in [-0.1, -0.05) is 50.3 Å². The number of carbonyl (C=O) groups is 3. The molecule has 3 aliphatic rings. The summed E-state index contributed by atoms with van der Waals surface area (Å²) >= 11 is 0. The third-order valence-corrected chi connectivity index (χ3v) is 5.93. The smallest absolute Gasteiger partial charge is 0.323 e. The topological polar surface area (TPSA) is 69.7 Å². The monoisotopic (exact) mass is 355 g/mol. The first-order valence-corrected chi connectivity index (χ1v) is 9.63. The molecule has 26 heavy (non-hydrogen) atoms. The first-order valence-electron chi connectivity index (χ1n) is 9.63. The van der Waals surface area contributed by atoms with Gasteiger partial charge in [0.25, 0.3) is 5.91 Å². The molecule has 0 aromatic heterocycles. The molecule has 1 aromatic rings. The molecule has 6 heteroatoms. The zero-order valence-corrected chi connectivity index (χ0v) is 15.0. The number of rotatable bonds is 2. The molecule has 1 saturated carbocycles. The number of benzene rings is 1. The van der Waals surface area contributed by atoms with E-state index in [1.165, 1.54) is 6.42 Å². The second-order valence-electron chi connectivity index (χ2n) is 7.60. The number of imide groups is 1. The first kappa shape index (κ1) is 17.1. The van der Waals surface area contributed by atoms with Crippen molar-refractivity contribution in [2.75, 3.05) is 18.0 Å². The third kappa shape index (κ3) is 2.87. The zero-order chi connectivity index (χ0) is 18.1. The molecule has 2 fully saturated rings. The van der Waals surface area contributed by atoms with Gasteiger partial charge >= 0.3 is 6.03 Å². The Kier molecular flexibility index (Phi) is 4.42. The number of hydrogen-bond acceptors (Lipinski definition) is 3. The van der Waals surface area contributed by atoms with Crippen molar-refractivity contribution in [1.82, 2.24) is 10.2 Å². The predicted octanol–water partition coefficient (Wildman–Crippen LogP) is 2.61. The minimum absolute atomic E-state index is 0.180. The molecule has 0 unspecified atom stereocenters. The molecule has 0 bridgehead atoms. The maximum absolute atomic E-state index is 13.0. The Morgan fingerprint density at radius 2 is 1.73 bits per heavy atom. The van der Waals surface area contributed by atoms with E-state index in [0.717, 1.165) is 48.3 Å². The molecule has 4 amide bonds. The van der Waals surface area contributed by atoms with E-state index >= 15 is 0 Å². The van der Waals surface area contributed by atoms with Gasteiger partial charge in [-0.2, -0.15) is 0 Å². The number of para-hydroxylation sites is 1. The summed E-state index contributed by atoms with van der Waals surface area (Å²) in [7, 11) is 0. The van der Waals surface area contributed by atoms with Gasteiger partial charge in [0.1, 0.15) is 12.1 Å². The van der Waals surface area contributed by atoms with Crippen LogP contribution in [-0.4, -0.2) is 41.4 Å². The zero-order valence-electron chi connectivity index (χ0n) is 15.0. The molecule has 138 valence electrons. The van der Waals surface area contributed by atoms with E-state index in [-0.39, 0.29) is 18.4 Å². The minimum atomic E-state index is -0.791. The molecule has 2 aliphatic heterocycles. The predicted molar refractivity (Wildman–Crippen MR) is 97.8 cm³/mol. The summed E-state index contributed by atoms with van der Waals surface area (Å²) in [5.74, 6) is -0.411. The van der Waals surface area contributed by atoms with E-state index in [0.29, 0.717) is 19.4 Å². The van der Waals surface area contributed by atoms with Crippen LogP contribution in [-0.2, 0) is 16.0 Å². The maximum atomic E-state index is 13.0. The van der Waals surface area contributed by atoms with Gasteiger partial charge in [-0.3, -0.25) is 14.5 Å². The van der Waals surface area contributed by atoms with Crippen molar-refractivity contribution >= 4 is 23.5 Å². The highest BCUT2D eigenvalue weighted by Crippen LogP contribution is 2.33. The van der Waals surface area contributed by atoms with Crippen molar-refractivity contribution < 1.29 is 14.4 Å². The molecule has 6 nitrogen and oxygen atoms in total. The quantitative estimate of drug-likeness (QED) is 0.829. The molecule has 0 atom stereocenters. The van der Waals surface area contributed by atoms with Crippen molar-refractivity contribution in [3.05, 3.63) is 29.8 Å². The van der Waals surface area contributed by atoms with Crippen LogP contribution in [0, 0.1) is 0 Å². The summed E-state index contributed by atoms with van der Waals surface area (Å²) < 4.78 is 0. The Bertz CT molecular complexity index is 738. The summed E-state index contributed by atoms with van der Waals surface area (Å²) in [6.07, 6.45) is 7.41. The number of nitrogens with zero attached hydrogens (tertiary/aromatic N) is 2. The summed E-state index contributed by atoms with van der Waals surface area (Å²) in [6, 6.07) is 7.38. The molecular formula is C20H25N3O3. The van der Waals surface area contributed by atoms with Crippen LogP contribution in [0.5, 0.6) is 0 Å². The summed E-state index contributed by atoms with van der Waals surface area (Å²) in [6.45, 7) is 0.424. The average molecular weight is 355 g/mol. The van der Waals surface area contributed by atoms with Crippen LogP contribution in [0.15, 0.2) is 24.3 Å². The fourth-order valence-corrected chi connectivity index (χ4v) is 4.49. The Balaban J connectivity index is 1.49. The van der Waals surface area contributed by atoms with Crippen molar-refractivity contribution in [2.45, 2.75) is 56.9 Å². The van der Waals surface area contributed by atoms with Gasteiger partial charge in [-0.05, 0) is 30.9 Å².